The fraction of sp³-hybridized carbons (Fsp3) is 0.806. The molecule has 1 heterocycles. The molecule has 7 unspecified atom stereocenters. The summed E-state index contributed by atoms with van der Waals surface area (Å²) in [4.78, 5) is 25.1. The zero-order valence-electron chi connectivity index (χ0n) is 46.6. The molecule has 6 N–H and O–H groups in total. The summed E-state index contributed by atoms with van der Waals surface area (Å²) in [6, 6.07) is -0.839. The largest absolute Gasteiger partial charge is 0.466 e. The Bertz CT molecular complexity index is 1400. The summed E-state index contributed by atoms with van der Waals surface area (Å²) in [6.07, 6.45) is 56.2. The molecule has 1 aliphatic rings. The minimum absolute atomic E-state index is 0.0344. The lowest BCUT2D eigenvalue weighted by Gasteiger charge is -2.40. The van der Waals surface area contributed by atoms with Crippen molar-refractivity contribution in [1.82, 2.24) is 5.32 Å². The van der Waals surface area contributed by atoms with Gasteiger partial charge in [-0.15, -0.1) is 0 Å². The first-order valence-corrected chi connectivity index (χ1v) is 30.1. The minimum Gasteiger partial charge on any atom is -0.466 e. The Morgan fingerprint density at radius 2 is 0.932 bits per heavy atom. The lowest BCUT2D eigenvalue weighted by atomic mass is 9.99. The second-order valence-corrected chi connectivity index (χ2v) is 20.7. The van der Waals surface area contributed by atoms with Crippen LogP contribution in [0, 0.1) is 0 Å². The molecule has 1 saturated heterocycles. The van der Waals surface area contributed by atoms with Crippen molar-refractivity contribution in [3.8, 4) is 0 Å². The van der Waals surface area contributed by atoms with E-state index >= 15 is 0 Å². The molecule has 0 aromatic rings. The van der Waals surface area contributed by atoms with Crippen LogP contribution < -0.4 is 5.32 Å². The minimum atomic E-state index is -1.58. The fourth-order valence-electron chi connectivity index (χ4n) is 9.00. The predicted molar refractivity (Wildman–Crippen MR) is 301 cm³/mol. The van der Waals surface area contributed by atoms with Crippen LogP contribution in [0.3, 0.4) is 0 Å². The van der Waals surface area contributed by atoms with Crippen molar-refractivity contribution in [2.24, 2.45) is 0 Å². The molecule has 11 nitrogen and oxygen atoms in total. The van der Waals surface area contributed by atoms with E-state index in [1.807, 2.05) is 6.08 Å². The van der Waals surface area contributed by atoms with Crippen molar-refractivity contribution in [3.05, 3.63) is 60.8 Å². The highest BCUT2D eigenvalue weighted by Crippen LogP contribution is 2.23. The third-order valence-corrected chi connectivity index (χ3v) is 13.8. The molecular weight excluding hydrogens is 919 g/mol. The van der Waals surface area contributed by atoms with Crippen LogP contribution in [0.25, 0.3) is 0 Å². The molecule has 0 radical (unpaired) electrons. The molecule has 0 saturated carbocycles. The van der Waals surface area contributed by atoms with Gasteiger partial charge in [-0.3, -0.25) is 9.59 Å². The number of amides is 1. The van der Waals surface area contributed by atoms with E-state index in [1.54, 1.807) is 6.08 Å². The summed E-state index contributed by atoms with van der Waals surface area (Å²) in [5, 5.41) is 54.1. The summed E-state index contributed by atoms with van der Waals surface area (Å²) in [6.45, 7) is 4.21. The number of aliphatic hydroxyl groups excluding tert-OH is 5. The first kappa shape index (κ1) is 68.4. The van der Waals surface area contributed by atoms with Crippen LogP contribution >= 0.6 is 0 Å². The van der Waals surface area contributed by atoms with Gasteiger partial charge in [-0.1, -0.05) is 197 Å². The molecule has 1 aliphatic heterocycles. The van der Waals surface area contributed by atoms with Crippen molar-refractivity contribution < 1.29 is 49.3 Å². The van der Waals surface area contributed by atoms with Crippen LogP contribution in [0.5, 0.6) is 0 Å². The average molecular weight is 1030 g/mol. The summed E-state index contributed by atoms with van der Waals surface area (Å²) in [5.41, 5.74) is 0. The number of esters is 1. The van der Waals surface area contributed by atoms with E-state index in [2.05, 4.69) is 67.8 Å². The number of hydrogen-bond acceptors (Lipinski definition) is 10. The van der Waals surface area contributed by atoms with Gasteiger partial charge in [-0.2, -0.15) is 0 Å². The Hall–Kier alpha value is -2.64. The zero-order chi connectivity index (χ0) is 53.1. The van der Waals surface area contributed by atoms with Gasteiger partial charge in [0, 0.05) is 12.8 Å². The van der Waals surface area contributed by atoms with Gasteiger partial charge >= 0.3 is 5.97 Å². The van der Waals surface area contributed by atoms with E-state index in [4.69, 9.17) is 14.2 Å². The zero-order valence-corrected chi connectivity index (χ0v) is 46.6. The van der Waals surface area contributed by atoms with Crippen LogP contribution in [-0.4, -0.2) is 100 Å². The second-order valence-electron chi connectivity index (χ2n) is 20.7. The molecule has 0 bridgehead atoms. The van der Waals surface area contributed by atoms with Crippen LogP contribution in [0.4, 0.5) is 0 Å². The first-order valence-electron chi connectivity index (χ1n) is 30.1. The molecule has 11 heteroatoms. The third kappa shape index (κ3) is 41.2. The Labute approximate surface area is 446 Å². The lowest BCUT2D eigenvalue weighted by Crippen LogP contribution is -2.60. The Morgan fingerprint density at radius 3 is 1.47 bits per heavy atom. The van der Waals surface area contributed by atoms with Gasteiger partial charge in [-0.25, -0.2) is 0 Å². The van der Waals surface area contributed by atoms with E-state index in [0.717, 1.165) is 96.3 Å². The average Bonchev–Trinajstić information content (AvgIpc) is 3.39. The number of carbonyl (C=O) groups excluding carboxylic acids is 2. The fourth-order valence-corrected chi connectivity index (χ4v) is 9.00. The molecule has 1 fully saturated rings. The van der Waals surface area contributed by atoms with E-state index in [9.17, 15) is 35.1 Å². The highest BCUT2D eigenvalue weighted by atomic mass is 16.7. The first-order chi connectivity index (χ1) is 35.7. The van der Waals surface area contributed by atoms with Crippen molar-refractivity contribution in [3.63, 3.8) is 0 Å². The maximum Gasteiger partial charge on any atom is 0.305 e. The van der Waals surface area contributed by atoms with E-state index in [-0.39, 0.29) is 18.5 Å². The van der Waals surface area contributed by atoms with Gasteiger partial charge in [0.15, 0.2) is 6.29 Å². The number of aliphatic hydroxyl groups is 5. The predicted octanol–water partition coefficient (Wildman–Crippen LogP) is 13.8. The normalized spacial score (nSPS) is 19.4. The van der Waals surface area contributed by atoms with Crippen LogP contribution in [0.15, 0.2) is 60.8 Å². The van der Waals surface area contributed by atoms with Crippen LogP contribution in [0.2, 0.25) is 0 Å². The molecule has 424 valence electrons. The topological polar surface area (TPSA) is 175 Å². The lowest BCUT2D eigenvalue weighted by molar-refractivity contribution is -0.302. The molecule has 0 spiro atoms. The van der Waals surface area contributed by atoms with E-state index in [0.29, 0.717) is 19.4 Å². The molecule has 1 amide bonds. The number of nitrogens with one attached hydrogen (secondary N) is 1. The van der Waals surface area contributed by atoms with Gasteiger partial charge in [-0.05, 0) is 109 Å². The number of allylic oxidation sites excluding steroid dienone is 9. The molecule has 7 atom stereocenters. The van der Waals surface area contributed by atoms with Crippen LogP contribution in [-0.2, 0) is 23.8 Å². The van der Waals surface area contributed by atoms with E-state index in [1.165, 1.54) is 135 Å². The van der Waals surface area contributed by atoms with Crippen molar-refractivity contribution in [2.45, 2.75) is 301 Å². The summed E-state index contributed by atoms with van der Waals surface area (Å²) in [5.74, 6) is -0.246. The maximum atomic E-state index is 13.0. The number of carbonyl (C=O) groups is 2. The SMILES string of the molecule is CCCCC/C=C/CC/C=C/C(O)C(COC1OC(CO)C(O)C(O)C1O)NC(=O)CCCCCCCCC/C=C\C/C=C\CCCCCOC(=O)CCCCCCCCCCC/C=C\CCCCCCCC. The quantitative estimate of drug-likeness (QED) is 0.0195. The van der Waals surface area contributed by atoms with Crippen LogP contribution in [0.1, 0.15) is 258 Å². The van der Waals surface area contributed by atoms with Gasteiger partial charge in [0.25, 0.3) is 0 Å². The molecule has 0 aliphatic carbocycles. The van der Waals surface area contributed by atoms with E-state index < -0.39 is 49.5 Å². The Kier molecular flexibility index (Phi) is 48.2. The summed E-state index contributed by atoms with van der Waals surface area (Å²) >= 11 is 0. The summed E-state index contributed by atoms with van der Waals surface area (Å²) in [7, 11) is 0. The molecule has 0 aromatic carbocycles. The van der Waals surface area contributed by atoms with Crippen molar-refractivity contribution >= 4 is 11.9 Å². The Morgan fingerprint density at radius 1 is 0.507 bits per heavy atom. The number of ether oxygens (including phenoxy) is 3. The number of unbranched alkanes of at least 4 members (excludes halogenated alkanes) is 29. The standard InChI is InChI=1S/C62H111NO10/c1-3-5-7-9-11-13-14-15-16-17-18-21-24-27-30-34-38-42-46-50-58(67)71-51-47-43-39-35-31-28-25-22-19-20-23-26-29-33-37-41-45-49-57(66)63-54(55(65)48-44-40-36-32-12-10-8-6-4-2)53-72-62-61(70)60(69)59(68)56(52-64)73-62/h12,15-16,19,22,28,31-32,44,48,54-56,59-62,64-65,68-70H,3-11,13-14,17-18,20-21,23-27,29-30,33-43,45-47,49-53H2,1-2H3,(H,63,66)/b16-15-,22-19-,31-28-,32-12+,48-44+. The molecule has 1 rings (SSSR count). The molecular formula is C62H111NO10. The Balaban J connectivity index is 2.05. The monoisotopic (exact) mass is 1030 g/mol. The number of rotatable bonds is 51. The maximum absolute atomic E-state index is 13.0. The van der Waals surface area contributed by atoms with Gasteiger partial charge in [0.05, 0.1) is 32.0 Å². The number of hydrogen-bond donors (Lipinski definition) is 6. The van der Waals surface area contributed by atoms with Crippen molar-refractivity contribution in [2.75, 3.05) is 19.8 Å². The smallest absolute Gasteiger partial charge is 0.305 e. The highest BCUT2D eigenvalue weighted by molar-refractivity contribution is 5.76. The van der Waals surface area contributed by atoms with Crippen molar-refractivity contribution in [1.29, 1.82) is 0 Å². The highest BCUT2D eigenvalue weighted by Gasteiger charge is 2.44. The molecule has 73 heavy (non-hydrogen) atoms. The second kappa shape index (κ2) is 51.5. The molecule has 0 aromatic heterocycles. The van der Waals surface area contributed by atoms with Gasteiger partial charge in [0.1, 0.15) is 24.4 Å². The summed E-state index contributed by atoms with van der Waals surface area (Å²) < 4.78 is 16.6. The van der Waals surface area contributed by atoms with Gasteiger partial charge in [0.2, 0.25) is 5.91 Å². The third-order valence-electron chi connectivity index (χ3n) is 13.8. The van der Waals surface area contributed by atoms with Gasteiger partial charge < -0.3 is 45.1 Å².